The summed E-state index contributed by atoms with van der Waals surface area (Å²) in [6, 6.07) is 7.38. The zero-order chi connectivity index (χ0) is 21.8. The van der Waals surface area contributed by atoms with Crippen molar-refractivity contribution in [3.8, 4) is 0 Å². The zero-order valence-electron chi connectivity index (χ0n) is 18.2. The van der Waals surface area contributed by atoms with Crippen molar-refractivity contribution in [2.75, 3.05) is 6.61 Å². The van der Waals surface area contributed by atoms with Crippen molar-refractivity contribution in [1.82, 2.24) is 0 Å². The summed E-state index contributed by atoms with van der Waals surface area (Å²) in [5, 5.41) is 20.7. The Hall–Kier alpha value is -1.17. The average molecular weight is 489 g/mol. The Morgan fingerprint density at radius 3 is 2.65 bits per heavy atom. The Kier molecular flexibility index (Phi) is 5.59. The maximum absolute atomic E-state index is 12.8. The molecule has 0 heterocycles. The quantitative estimate of drug-likeness (QED) is 0.449. The Morgan fingerprint density at radius 2 is 1.90 bits per heavy atom. The van der Waals surface area contributed by atoms with Crippen LogP contribution in [0.25, 0.3) is 0 Å². The molecule has 0 aliphatic heterocycles. The maximum Gasteiger partial charge on any atom is 0.338 e. The first-order chi connectivity index (χ1) is 14.9. The zero-order valence-corrected chi connectivity index (χ0v) is 19.8. The Bertz CT molecular complexity index is 880. The van der Waals surface area contributed by atoms with Crippen molar-refractivity contribution in [2.45, 2.75) is 70.5 Å². The van der Waals surface area contributed by atoms with Crippen LogP contribution >= 0.6 is 15.9 Å². The number of fused-ring (bicyclic) bond motifs is 5. The first-order valence-corrected chi connectivity index (χ1v) is 12.6. The lowest BCUT2D eigenvalue weighted by Gasteiger charge is -2.58. The van der Waals surface area contributed by atoms with Crippen LogP contribution in [0.5, 0.6) is 0 Å². The summed E-state index contributed by atoms with van der Waals surface area (Å²) in [6.07, 6.45) is 9.58. The number of benzene rings is 1. The molecule has 7 atom stereocenters. The molecule has 0 amide bonds. The van der Waals surface area contributed by atoms with Crippen LogP contribution in [-0.4, -0.2) is 35.0 Å². The van der Waals surface area contributed by atoms with Gasteiger partial charge in [-0.15, -0.1) is 0 Å². The number of hydrogen-bond acceptors (Lipinski definition) is 4. The molecule has 1 aromatic carbocycles. The van der Waals surface area contributed by atoms with Crippen LogP contribution in [-0.2, 0) is 4.74 Å². The molecule has 0 saturated heterocycles. The van der Waals surface area contributed by atoms with Gasteiger partial charge in [0.15, 0.2) is 0 Å². The molecule has 0 radical (unpaired) electrons. The van der Waals surface area contributed by atoms with Gasteiger partial charge in [0.05, 0.1) is 18.3 Å². The van der Waals surface area contributed by atoms with Crippen LogP contribution in [0.4, 0.5) is 0 Å². The number of esters is 1. The SMILES string of the molecule is CC12CCC3C(CC=C4CC(O)CCC43CO)C1CCC2OC(=O)c1ccc(Br)cc1. The molecular weight excluding hydrogens is 456 g/mol. The van der Waals surface area contributed by atoms with Gasteiger partial charge in [-0.3, -0.25) is 0 Å². The number of allylic oxidation sites excluding steroid dienone is 1. The van der Waals surface area contributed by atoms with E-state index in [1.807, 2.05) is 24.3 Å². The van der Waals surface area contributed by atoms with Crippen molar-refractivity contribution in [3.63, 3.8) is 0 Å². The average Bonchev–Trinajstić information content (AvgIpc) is 3.10. The van der Waals surface area contributed by atoms with Crippen LogP contribution < -0.4 is 0 Å². The van der Waals surface area contributed by atoms with E-state index in [2.05, 4.69) is 28.9 Å². The third-order valence-corrected chi connectivity index (χ3v) is 9.86. The fraction of sp³-hybridized carbons (Fsp3) is 0.654. The lowest BCUT2D eigenvalue weighted by molar-refractivity contribution is -0.0927. The van der Waals surface area contributed by atoms with Crippen LogP contribution in [0.2, 0.25) is 0 Å². The van der Waals surface area contributed by atoms with Gasteiger partial charge in [0.2, 0.25) is 0 Å². The van der Waals surface area contributed by atoms with Crippen molar-refractivity contribution in [2.24, 2.45) is 28.6 Å². The molecule has 5 rings (SSSR count). The molecule has 4 aliphatic rings. The van der Waals surface area contributed by atoms with Gasteiger partial charge >= 0.3 is 5.97 Å². The highest BCUT2D eigenvalue weighted by molar-refractivity contribution is 9.10. The Labute approximate surface area is 193 Å². The van der Waals surface area contributed by atoms with Crippen molar-refractivity contribution in [3.05, 3.63) is 46.0 Å². The molecule has 0 bridgehead atoms. The molecule has 31 heavy (non-hydrogen) atoms. The second kappa shape index (κ2) is 8.00. The van der Waals surface area contributed by atoms with Gasteiger partial charge in [0.1, 0.15) is 6.10 Å². The van der Waals surface area contributed by atoms with Gasteiger partial charge in [-0.25, -0.2) is 4.79 Å². The fourth-order valence-corrected chi connectivity index (χ4v) is 7.93. The highest BCUT2D eigenvalue weighted by Crippen LogP contribution is 2.65. The maximum atomic E-state index is 12.8. The van der Waals surface area contributed by atoms with Crippen LogP contribution in [0.1, 0.15) is 68.6 Å². The van der Waals surface area contributed by atoms with Crippen LogP contribution in [0.15, 0.2) is 40.4 Å². The topological polar surface area (TPSA) is 66.8 Å². The highest BCUT2D eigenvalue weighted by atomic mass is 79.9. The lowest BCUT2D eigenvalue weighted by atomic mass is 9.47. The van der Waals surface area contributed by atoms with Gasteiger partial charge in [-0.1, -0.05) is 34.5 Å². The van der Waals surface area contributed by atoms with E-state index in [0.29, 0.717) is 23.3 Å². The van der Waals surface area contributed by atoms with Gasteiger partial charge < -0.3 is 14.9 Å². The first kappa shape index (κ1) is 21.7. The third-order valence-electron chi connectivity index (χ3n) is 9.33. The number of ether oxygens (including phenoxy) is 1. The number of carbonyl (C=O) groups is 1. The molecule has 3 fully saturated rings. The summed E-state index contributed by atoms with van der Waals surface area (Å²) in [7, 11) is 0. The summed E-state index contributed by atoms with van der Waals surface area (Å²) in [6.45, 7) is 2.52. The van der Waals surface area contributed by atoms with Gasteiger partial charge in [0.25, 0.3) is 0 Å². The van der Waals surface area contributed by atoms with Gasteiger partial charge in [-0.05, 0) is 93.4 Å². The molecule has 4 aliphatic carbocycles. The molecule has 0 aromatic heterocycles. The van der Waals surface area contributed by atoms with E-state index in [1.165, 1.54) is 5.57 Å². The Morgan fingerprint density at radius 1 is 1.13 bits per heavy atom. The molecule has 2 N–H and O–H groups in total. The van der Waals surface area contributed by atoms with Crippen LogP contribution in [0.3, 0.4) is 0 Å². The summed E-state index contributed by atoms with van der Waals surface area (Å²) < 4.78 is 7.06. The Balaban J connectivity index is 1.37. The smallest absolute Gasteiger partial charge is 0.338 e. The number of halogens is 1. The van der Waals surface area contributed by atoms with E-state index in [-0.39, 0.29) is 35.6 Å². The predicted octanol–water partition coefficient (Wildman–Crippen LogP) is 5.27. The number of rotatable bonds is 3. The molecule has 4 nitrogen and oxygen atoms in total. The molecule has 7 unspecified atom stereocenters. The van der Waals surface area contributed by atoms with Gasteiger partial charge in [0, 0.05) is 15.3 Å². The minimum Gasteiger partial charge on any atom is -0.458 e. The predicted molar refractivity (Wildman–Crippen MR) is 122 cm³/mol. The van der Waals surface area contributed by atoms with Gasteiger partial charge in [-0.2, -0.15) is 0 Å². The minimum absolute atomic E-state index is 0.00234. The molecule has 3 saturated carbocycles. The summed E-state index contributed by atoms with van der Waals surface area (Å²) >= 11 is 3.42. The number of aliphatic hydroxyl groups is 2. The standard InChI is InChI=1S/C26H33BrO4/c1-25-12-11-22-20(7-4-17-14-19(29)10-13-26(17,22)15-28)21(25)8-9-23(25)31-24(30)16-2-5-18(27)6-3-16/h2-6,19-23,28-29H,7-15H2,1H3. The molecule has 5 heteroatoms. The third kappa shape index (κ3) is 3.43. The molecular formula is C26H33BrO4. The van der Waals surface area contributed by atoms with E-state index in [1.54, 1.807) is 0 Å². The summed E-state index contributed by atoms with van der Waals surface area (Å²) in [5.41, 5.74) is 1.77. The second-order valence-electron chi connectivity index (χ2n) is 10.6. The fourth-order valence-electron chi connectivity index (χ4n) is 7.66. The van der Waals surface area contributed by atoms with E-state index in [9.17, 15) is 15.0 Å². The molecule has 168 valence electrons. The number of hydrogen-bond donors (Lipinski definition) is 2. The lowest BCUT2D eigenvalue weighted by Crippen LogP contribution is -2.53. The highest BCUT2D eigenvalue weighted by Gasteiger charge is 2.60. The van der Waals surface area contributed by atoms with Crippen molar-refractivity contribution < 1.29 is 19.7 Å². The largest absolute Gasteiger partial charge is 0.458 e. The van der Waals surface area contributed by atoms with Crippen molar-refractivity contribution in [1.29, 1.82) is 0 Å². The monoisotopic (exact) mass is 488 g/mol. The minimum atomic E-state index is -0.259. The summed E-state index contributed by atoms with van der Waals surface area (Å²) in [4.78, 5) is 12.8. The second-order valence-corrected chi connectivity index (χ2v) is 11.5. The van der Waals surface area contributed by atoms with Crippen molar-refractivity contribution >= 4 is 21.9 Å². The van der Waals surface area contributed by atoms with E-state index >= 15 is 0 Å². The van der Waals surface area contributed by atoms with E-state index in [4.69, 9.17) is 4.74 Å². The van der Waals surface area contributed by atoms with Crippen LogP contribution in [0, 0.1) is 28.6 Å². The van der Waals surface area contributed by atoms with E-state index < -0.39 is 0 Å². The molecule has 0 spiro atoms. The van der Waals surface area contributed by atoms with E-state index in [0.717, 1.165) is 55.8 Å². The summed E-state index contributed by atoms with van der Waals surface area (Å²) in [5.74, 6) is 1.30. The molecule has 1 aromatic rings. The number of carbonyl (C=O) groups excluding carboxylic acids is 1. The first-order valence-electron chi connectivity index (χ1n) is 11.8. The number of aliphatic hydroxyl groups excluding tert-OH is 2. The normalized spacial score (nSPS) is 41.5.